The lowest BCUT2D eigenvalue weighted by Crippen LogP contribution is -2.45. The molecule has 1 fully saturated rings. The van der Waals surface area contributed by atoms with Crippen molar-refractivity contribution < 1.29 is 26.4 Å². The number of halogens is 2. The van der Waals surface area contributed by atoms with Gasteiger partial charge in [0.1, 0.15) is 11.6 Å². The highest BCUT2D eigenvalue weighted by Crippen LogP contribution is 2.36. The number of hydrogen-bond acceptors (Lipinski definition) is 6. The maximum atomic E-state index is 13.3. The van der Waals surface area contributed by atoms with Gasteiger partial charge in [-0.05, 0) is 62.4 Å². The molecule has 6 nitrogen and oxygen atoms in total. The number of ether oxygens (including phenoxy) is 1. The first-order valence-corrected chi connectivity index (χ1v) is 10.9. The number of hydrogen-bond donors (Lipinski definition) is 0. The molecule has 0 N–H and O–H groups in total. The minimum absolute atomic E-state index is 0.0532. The molecule has 0 radical (unpaired) electrons. The van der Waals surface area contributed by atoms with E-state index in [0.29, 0.717) is 18.7 Å². The summed E-state index contributed by atoms with van der Waals surface area (Å²) < 4.78 is 64.9. The van der Waals surface area contributed by atoms with Crippen LogP contribution in [0.15, 0.2) is 62.9 Å². The van der Waals surface area contributed by atoms with Crippen LogP contribution in [0.25, 0.3) is 11.5 Å². The standard InChI is InChI=1S/C21H20F2N2O4S/c1-13-11-25(12-14(2)28-13)21-20(30(26,27)18-9-7-17(23)8-10-18)24-19(29-21)15-3-5-16(22)6-4-15/h3-10,13-14H,11-12H2,1-2H3/t13-,14+. The zero-order valence-electron chi connectivity index (χ0n) is 16.4. The highest BCUT2D eigenvalue weighted by atomic mass is 32.2. The molecule has 0 bridgehead atoms. The van der Waals surface area contributed by atoms with Crippen molar-refractivity contribution in [3.63, 3.8) is 0 Å². The Morgan fingerprint density at radius 3 is 2.03 bits per heavy atom. The van der Waals surface area contributed by atoms with Gasteiger partial charge in [-0.1, -0.05) is 0 Å². The molecule has 9 heteroatoms. The van der Waals surface area contributed by atoms with Gasteiger partial charge in [0.25, 0.3) is 0 Å². The summed E-state index contributed by atoms with van der Waals surface area (Å²) in [5, 5.41) is -0.269. The Bertz CT molecular complexity index is 1130. The highest BCUT2D eigenvalue weighted by molar-refractivity contribution is 7.91. The molecule has 1 aliphatic heterocycles. The smallest absolute Gasteiger partial charge is 0.236 e. The summed E-state index contributed by atoms with van der Waals surface area (Å²) in [4.78, 5) is 5.93. The number of morpholine rings is 1. The van der Waals surface area contributed by atoms with Crippen LogP contribution in [0.3, 0.4) is 0 Å². The van der Waals surface area contributed by atoms with E-state index in [9.17, 15) is 17.2 Å². The van der Waals surface area contributed by atoms with Gasteiger partial charge in [0.15, 0.2) is 0 Å². The maximum Gasteiger partial charge on any atom is 0.236 e. The molecule has 2 aromatic carbocycles. The Hall–Kier alpha value is -2.78. The van der Waals surface area contributed by atoms with Crippen LogP contribution >= 0.6 is 0 Å². The van der Waals surface area contributed by atoms with Crippen LogP contribution in [0.4, 0.5) is 14.7 Å². The third kappa shape index (κ3) is 3.95. The van der Waals surface area contributed by atoms with Gasteiger partial charge >= 0.3 is 0 Å². The second-order valence-corrected chi connectivity index (χ2v) is 9.12. The molecule has 0 aliphatic carbocycles. The second-order valence-electron chi connectivity index (χ2n) is 7.26. The fourth-order valence-electron chi connectivity index (χ4n) is 3.46. The predicted octanol–water partition coefficient (Wildman–Crippen LogP) is 4.07. The molecular formula is C21H20F2N2O4S. The molecule has 0 saturated carbocycles. The molecule has 4 rings (SSSR count). The van der Waals surface area contributed by atoms with Crippen molar-refractivity contribution >= 4 is 15.7 Å². The lowest BCUT2D eigenvalue weighted by molar-refractivity contribution is -0.00657. The van der Waals surface area contributed by atoms with E-state index in [1.54, 1.807) is 4.90 Å². The molecule has 2 atom stereocenters. The molecule has 2 heterocycles. The summed E-state index contributed by atoms with van der Waals surface area (Å²) in [6.07, 6.45) is -0.288. The van der Waals surface area contributed by atoms with Gasteiger partial charge in [0, 0.05) is 18.7 Å². The summed E-state index contributed by atoms with van der Waals surface area (Å²) in [5.41, 5.74) is 0.438. The van der Waals surface area contributed by atoms with Gasteiger partial charge in [-0.3, -0.25) is 0 Å². The van der Waals surface area contributed by atoms with Crippen molar-refractivity contribution in [2.24, 2.45) is 0 Å². The van der Waals surface area contributed by atoms with Crippen LogP contribution in [0, 0.1) is 11.6 Å². The summed E-state index contributed by atoms with van der Waals surface area (Å²) >= 11 is 0. The van der Waals surface area contributed by atoms with Crippen LogP contribution in [-0.4, -0.2) is 38.7 Å². The average molecular weight is 434 g/mol. The minimum atomic E-state index is -4.09. The van der Waals surface area contributed by atoms with Crippen LogP contribution < -0.4 is 4.90 Å². The SMILES string of the molecule is C[C@@H]1CN(c2oc(-c3ccc(F)cc3)nc2S(=O)(=O)c2ccc(F)cc2)C[C@H](C)O1. The molecule has 158 valence electrons. The molecule has 1 saturated heterocycles. The molecule has 0 spiro atoms. The van der Waals surface area contributed by atoms with Crippen molar-refractivity contribution in [3.05, 3.63) is 60.2 Å². The Labute approximate surface area is 173 Å². The zero-order chi connectivity index (χ0) is 21.5. The summed E-state index contributed by atoms with van der Waals surface area (Å²) in [6.45, 7) is 4.59. The Balaban J connectivity index is 1.85. The van der Waals surface area contributed by atoms with Crippen LogP contribution in [0.1, 0.15) is 13.8 Å². The lowest BCUT2D eigenvalue weighted by atomic mass is 10.2. The van der Waals surface area contributed by atoms with Crippen LogP contribution in [0.2, 0.25) is 0 Å². The zero-order valence-corrected chi connectivity index (χ0v) is 17.2. The largest absolute Gasteiger partial charge is 0.419 e. The van der Waals surface area contributed by atoms with Crippen molar-refractivity contribution in [1.29, 1.82) is 0 Å². The van der Waals surface area contributed by atoms with E-state index in [-0.39, 0.29) is 33.9 Å². The molecule has 30 heavy (non-hydrogen) atoms. The van der Waals surface area contributed by atoms with Gasteiger partial charge in [0.2, 0.25) is 26.6 Å². The first kappa shape index (κ1) is 20.5. The molecule has 1 aliphatic rings. The van der Waals surface area contributed by atoms with Gasteiger partial charge in [-0.25, -0.2) is 17.2 Å². The topological polar surface area (TPSA) is 72.6 Å². The maximum absolute atomic E-state index is 13.3. The summed E-state index contributed by atoms with van der Waals surface area (Å²) in [5.74, 6) is -0.837. The van der Waals surface area contributed by atoms with E-state index < -0.39 is 21.5 Å². The van der Waals surface area contributed by atoms with Gasteiger partial charge in [-0.2, -0.15) is 4.98 Å². The monoisotopic (exact) mass is 434 g/mol. The number of nitrogens with zero attached hydrogens (tertiary/aromatic N) is 2. The third-order valence-electron chi connectivity index (χ3n) is 4.76. The number of anilines is 1. The Morgan fingerprint density at radius 1 is 0.933 bits per heavy atom. The van der Waals surface area contributed by atoms with Gasteiger partial charge in [0.05, 0.1) is 17.1 Å². The molecular weight excluding hydrogens is 414 g/mol. The van der Waals surface area contributed by atoms with E-state index in [0.717, 1.165) is 12.1 Å². The average Bonchev–Trinajstić information content (AvgIpc) is 3.14. The minimum Gasteiger partial charge on any atom is -0.419 e. The van der Waals surface area contributed by atoms with Crippen molar-refractivity contribution in [3.8, 4) is 11.5 Å². The number of aromatic nitrogens is 1. The molecule has 1 aromatic heterocycles. The Morgan fingerprint density at radius 2 is 1.47 bits per heavy atom. The fraction of sp³-hybridized carbons (Fsp3) is 0.286. The van der Waals surface area contributed by atoms with Crippen LogP contribution in [0.5, 0.6) is 0 Å². The number of benzene rings is 2. The van der Waals surface area contributed by atoms with E-state index in [2.05, 4.69) is 4.98 Å². The van der Waals surface area contributed by atoms with Crippen LogP contribution in [-0.2, 0) is 14.6 Å². The number of sulfone groups is 1. The summed E-state index contributed by atoms with van der Waals surface area (Å²) in [6, 6.07) is 9.93. The van der Waals surface area contributed by atoms with Crippen molar-refractivity contribution in [1.82, 2.24) is 4.98 Å². The van der Waals surface area contributed by atoms with Crippen molar-refractivity contribution in [2.45, 2.75) is 36.0 Å². The Kier molecular flexibility index (Phi) is 5.33. The van der Waals surface area contributed by atoms with Gasteiger partial charge < -0.3 is 14.1 Å². The van der Waals surface area contributed by atoms with Crippen molar-refractivity contribution in [2.75, 3.05) is 18.0 Å². The fourth-order valence-corrected chi connectivity index (χ4v) is 4.78. The first-order valence-electron chi connectivity index (χ1n) is 9.42. The van der Waals surface area contributed by atoms with E-state index >= 15 is 0 Å². The van der Waals surface area contributed by atoms with E-state index in [1.165, 1.54) is 36.4 Å². The quantitative estimate of drug-likeness (QED) is 0.577. The van der Waals surface area contributed by atoms with E-state index in [4.69, 9.17) is 9.15 Å². The molecule has 0 unspecified atom stereocenters. The third-order valence-corrected chi connectivity index (χ3v) is 6.42. The lowest BCUT2D eigenvalue weighted by Gasteiger charge is -2.35. The number of rotatable bonds is 4. The normalized spacial score (nSPS) is 19.8. The molecule has 3 aromatic rings. The second kappa shape index (κ2) is 7.81. The molecule has 0 amide bonds. The summed E-state index contributed by atoms with van der Waals surface area (Å²) in [7, 11) is -4.09. The van der Waals surface area contributed by atoms with E-state index in [1.807, 2.05) is 13.8 Å². The number of oxazole rings is 1. The van der Waals surface area contributed by atoms with Gasteiger partial charge in [-0.15, -0.1) is 0 Å². The predicted molar refractivity (Wildman–Crippen MR) is 106 cm³/mol. The highest BCUT2D eigenvalue weighted by Gasteiger charge is 2.34. The first-order chi connectivity index (χ1) is 14.2.